The van der Waals surface area contributed by atoms with Gasteiger partial charge in [0.05, 0.1) is 37.1 Å². The first kappa shape index (κ1) is 15.1. The van der Waals surface area contributed by atoms with Crippen LogP contribution in [0.25, 0.3) is 22.0 Å². The minimum atomic E-state index is -0.0634. The molecule has 4 rings (SSSR count). The number of aromatic amines is 1. The molecule has 0 spiro atoms. The van der Waals surface area contributed by atoms with Crippen LogP contribution in [0.5, 0.6) is 5.75 Å². The van der Waals surface area contributed by atoms with Crippen LogP contribution in [0.15, 0.2) is 66.0 Å². The van der Waals surface area contributed by atoms with Gasteiger partial charge in [0.2, 0.25) is 0 Å². The molecule has 0 aliphatic rings. The van der Waals surface area contributed by atoms with E-state index in [4.69, 9.17) is 4.74 Å². The zero-order valence-electron chi connectivity index (χ0n) is 13.6. The fourth-order valence-corrected chi connectivity index (χ4v) is 2.83. The number of hydrogen-bond acceptors (Lipinski definition) is 4. The molecule has 0 amide bonds. The Balaban J connectivity index is 1.72. The van der Waals surface area contributed by atoms with E-state index in [-0.39, 0.29) is 5.56 Å². The van der Waals surface area contributed by atoms with Gasteiger partial charge < -0.3 is 4.74 Å². The lowest BCUT2D eigenvalue weighted by Gasteiger charge is -2.09. The summed E-state index contributed by atoms with van der Waals surface area (Å²) in [7, 11) is 1.63. The van der Waals surface area contributed by atoms with E-state index in [1.165, 1.54) is 0 Å². The first-order chi connectivity index (χ1) is 12.2. The summed E-state index contributed by atoms with van der Waals surface area (Å²) in [6.07, 6.45) is 5.14. The Bertz CT molecular complexity index is 1080. The molecule has 25 heavy (non-hydrogen) atoms. The van der Waals surface area contributed by atoms with Crippen molar-refractivity contribution in [3.8, 4) is 16.9 Å². The van der Waals surface area contributed by atoms with Gasteiger partial charge in [0.1, 0.15) is 5.75 Å². The number of fused-ring (bicyclic) bond motifs is 1. The number of H-pyrrole nitrogens is 1. The Labute approximate surface area is 143 Å². The highest BCUT2D eigenvalue weighted by Gasteiger charge is 2.07. The second kappa shape index (κ2) is 6.24. The molecule has 0 fully saturated rings. The summed E-state index contributed by atoms with van der Waals surface area (Å²) in [6, 6.07) is 13.3. The van der Waals surface area contributed by atoms with Crippen LogP contribution in [-0.4, -0.2) is 26.9 Å². The first-order valence-electron chi connectivity index (χ1n) is 7.86. The fraction of sp³-hybridized carbons (Fsp3) is 0.105. The van der Waals surface area contributed by atoms with Crippen LogP contribution in [0.1, 0.15) is 5.56 Å². The Morgan fingerprint density at radius 1 is 1.16 bits per heavy atom. The lowest BCUT2D eigenvalue weighted by molar-refractivity contribution is 0.414. The molecule has 1 N–H and O–H groups in total. The number of aromatic nitrogens is 4. The molecule has 0 unspecified atom stereocenters. The predicted octanol–water partition coefficient (Wildman–Crippen LogP) is 2.84. The zero-order valence-corrected chi connectivity index (χ0v) is 13.6. The maximum atomic E-state index is 12.8. The van der Waals surface area contributed by atoms with E-state index in [0.29, 0.717) is 17.4 Å². The number of benzene rings is 2. The van der Waals surface area contributed by atoms with Crippen molar-refractivity contribution in [2.75, 3.05) is 7.11 Å². The van der Waals surface area contributed by atoms with Crippen LogP contribution in [0.4, 0.5) is 0 Å². The SMILES string of the molecule is COc1cccc(Cn2cnc3cc(-c4cn[nH]c4)ccc3c2=O)c1. The number of nitrogens with one attached hydrogen (secondary N) is 1. The maximum Gasteiger partial charge on any atom is 0.261 e. The van der Waals surface area contributed by atoms with Gasteiger partial charge in [0.15, 0.2) is 0 Å². The molecule has 2 aromatic heterocycles. The third-order valence-corrected chi connectivity index (χ3v) is 4.14. The van der Waals surface area contributed by atoms with Crippen LogP contribution in [0, 0.1) is 0 Å². The van der Waals surface area contributed by atoms with Gasteiger partial charge in [-0.15, -0.1) is 0 Å². The van der Waals surface area contributed by atoms with Gasteiger partial charge in [-0.2, -0.15) is 5.10 Å². The first-order valence-corrected chi connectivity index (χ1v) is 7.86. The van der Waals surface area contributed by atoms with Crippen LogP contribution < -0.4 is 10.3 Å². The van der Waals surface area contributed by atoms with Crippen molar-refractivity contribution in [1.82, 2.24) is 19.7 Å². The van der Waals surface area contributed by atoms with Crippen LogP contribution in [0.3, 0.4) is 0 Å². The monoisotopic (exact) mass is 332 g/mol. The van der Waals surface area contributed by atoms with Crippen LogP contribution >= 0.6 is 0 Å². The molecule has 0 saturated carbocycles. The zero-order chi connectivity index (χ0) is 17.2. The number of hydrogen-bond donors (Lipinski definition) is 1. The molecule has 2 aromatic carbocycles. The second-order valence-corrected chi connectivity index (χ2v) is 5.75. The van der Waals surface area contributed by atoms with Gasteiger partial charge in [0, 0.05) is 11.8 Å². The van der Waals surface area contributed by atoms with E-state index in [1.807, 2.05) is 48.7 Å². The summed E-state index contributed by atoms with van der Waals surface area (Å²) < 4.78 is 6.84. The van der Waals surface area contributed by atoms with E-state index in [0.717, 1.165) is 22.4 Å². The number of ether oxygens (including phenoxy) is 1. The summed E-state index contributed by atoms with van der Waals surface area (Å²) in [5, 5.41) is 7.33. The molecule has 0 aliphatic carbocycles. The molecule has 4 aromatic rings. The summed E-state index contributed by atoms with van der Waals surface area (Å²) >= 11 is 0. The van der Waals surface area contributed by atoms with E-state index in [2.05, 4.69) is 15.2 Å². The molecule has 124 valence electrons. The maximum absolute atomic E-state index is 12.8. The molecular formula is C19H16N4O2. The van der Waals surface area contributed by atoms with Gasteiger partial charge in [-0.1, -0.05) is 18.2 Å². The minimum absolute atomic E-state index is 0.0634. The topological polar surface area (TPSA) is 72.8 Å². The van der Waals surface area contributed by atoms with Gasteiger partial charge in [0.25, 0.3) is 5.56 Å². The smallest absolute Gasteiger partial charge is 0.261 e. The highest BCUT2D eigenvalue weighted by Crippen LogP contribution is 2.21. The third-order valence-electron chi connectivity index (χ3n) is 4.14. The minimum Gasteiger partial charge on any atom is -0.497 e. The molecule has 0 bridgehead atoms. The highest BCUT2D eigenvalue weighted by molar-refractivity contribution is 5.83. The van der Waals surface area contributed by atoms with E-state index in [1.54, 1.807) is 24.2 Å². The van der Waals surface area contributed by atoms with Crippen LogP contribution in [-0.2, 0) is 6.54 Å². The lowest BCUT2D eigenvalue weighted by Crippen LogP contribution is -2.21. The summed E-state index contributed by atoms with van der Waals surface area (Å²) in [5.41, 5.74) is 3.53. The molecule has 0 saturated heterocycles. The number of rotatable bonds is 4. The van der Waals surface area contributed by atoms with Gasteiger partial charge in [-0.3, -0.25) is 14.5 Å². The van der Waals surface area contributed by atoms with Crippen molar-refractivity contribution in [2.24, 2.45) is 0 Å². The van der Waals surface area contributed by atoms with Crippen molar-refractivity contribution < 1.29 is 4.74 Å². The van der Waals surface area contributed by atoms with Gasteiger partial charge in [-0.25, -0.2) is 4.98 Å². The molecule has 0 atom stereocenters. The summed E-state index contributed by atoms with van der Waals surface area (Å²) in [6.45, 7) is 0.447. The third kappa shape index (κ3) is 2.89. The van der Waals surface area contributed by atoms with Crippen molar-refractivity contribution in [2.45, 2.75) is 6.54 Å². The van der Waals surface area contributed by atoms with Crippen molar-refractivity contribution >= 4 is 10.9 Å². The Morgan fingerprint density at radius 2 is 2.08 bits per heavy atom. The average Bonchev–Trinajstić information content (AvgIpc) is 3.19. The summed E-state index contributed by atoms with van der Waals surface area (Å²) in [5.74, 6) is 0.768. The Hall–Kier alpha value is -3.41. The number of nitrogens with zero attached hydrogens (tertiary/aromatic N) is 3. The van der Waals surface area contributed by atoms with Crippen molar-refractivity contribution in [3.63, 3.8) is 0 Å². The molecule has 2 heterocycles. The second-order valence-electron chi connectivity index (χ2n) is 5.75. The van der Waals surface area contributed by atoms with Crippen molar-refractivity contribution in [3.05, 3.63) is 77.1 Å². The van der Waals surface area contributed by atoms with E-state index < -0.39 is 0 Å². The Kier molecular flexibility index (Phi) is 3.78. The molecule has 6 heteroatoms. The van der Waals surface area contributed by atoms with Crippen LogP contribution in [0.2, 0.25) is 0 Å². The normalized spacial score (nSPS) is 10.9. The molecular weight excluding hydrogens is 316 g/mol. The average molecular weight is 332 g/mol. The standard InChI is InChI=1S/C19H16N4O2/c1-25-16-4-2-3-13(7-16)11-23-12-20-18-8-14(15-9-21-22-10-15)5-6-17(18)19(23)24/h2-10,12H,11H2,1H3,(H,21,22). The predicted molar refractivity (Wildman–Crippen MR) is 95.7 cm³/mol. The van der Waals surface area contributed by atoms with Gasteiger partial charge >= 0.3 is 0 Å². The number of methoxy groups -OCH3 is 1. The molecule has 0 radical (unpaired) electrons. The quantitative estimate of drug-likeness (QED) is 0.624. The van der Waals surface area contributed by atoms with Gasteiger partial charge in [-0.05, 0) is 35.4 Å². The molecule has 0 aliphatic heterocycles. The van der Waals surface area contributed by atoms with E-state index in [9.17, 15) is 4.79 Å². The fourth-order valence-electron chi connectivity index (χ4n) is 2.83. The lowest BCUT2D eigenvalue weighted by atomic mass is 10.1. The largest absolute Gasteiger partial charge is 0.497 e. The summed E-state index contributed by atoms with van der Waals surface area (Å²) in [4.78, 5) is 17.2. The van der Waals surface area contributed by atoms with Crippen molar-refractivity contribution in [1.29, 1.82) is 0 Å². The Morgan fingerprint density at radius 3 is 2.88 bits per heavy atom. The van der Waals surface area contributed by atoms with E-state index >= 15 is 0 Å². The highest BCUT2D eigenvalue weighted by atomic mass is 16.5. The molecule has 6 nitrogen and oxygen atoms in total.